The molecule has 2 aromatic rings. The summed E-state index contributed by atoms with van der Waals surface area (Å²) in [6.45, 7) is 0.931. The molecule has 2 heteroatoms. The van der Waals surface area contributed by atoms with Crippen LogP contribution in [0, 0.1) is 12.3 Å². The molecule has 2 aromatic carbocycles. The van der Waals surface area contributed by atoms with Crippen LogP contribution in [-0.2, 0) is 9.53 Å². The zero-order valence-corrected chi connectivity index (χ0v) is 11.9. The Bertz CT molecular complexity index is 677. The number of terminal acetylenes is 1. The average Bonchev–Trinajstić information content (AvgIpc) is 2.52. The van der Waals surface area contributed by atoms with Gasteiger partial charge in [0.25, 0.3) is 0 Å². The number of rotatable bonds is 7. The molecule has 2 rings (SSSR count). The number of ether oxygens (including phenoxy) is 1. The molecule has 21 heavy (non-hydrogen) atoms. The second-order valence-corrected chi connectivity index (χ2v) is 4.72. The molecule has 0 aromatic heterocycles. The Morgan fingerprint density at radius 3 is 2.76 bits per heavy atom. The number of ketones is 1. The van der Waals surface area contributed by atoms with Crippen molar-refractivity contribution in [2.24, 2.45) is 0 Å². The lowest BCUT2D eigenvalue weighted by Crippen LogP contribution is -2.02. The van der Waals surface area contributed by atoms with Gasteiger partial charge >= 0.3 is 0 Å². The molecule has 0 atom stereocenters. The molecule has 0 aliphatic carbocycles. The van der Waals surface area contributed by atoms with Gasteiger partial charge in [0, 0.05) is 12.8 Å². The second-order valence-electron chi connectivity index (χ2n) is 4.72. The normalized spacial score (nSPS) is 10.8. The van der Waals surface area contributed by atoms with Gasteiger partial charge < -0.3 is 4.74 Å². The van der Waals surface area contributed by atoms with Crippen molar-refractivity contribution < 1.29 is 9.53 Å². The van der Waals surface area contributed by atoms with Crippen molar-refractivity contribution in [3.8, 4) is 12.3 Å². The first-order chi connectivity index (χ1) is 10.3. The van der Waals surface area contributed by atoms with E-state index in [1.54, 1.807) is 6.08 Å². The fraction of sp³-hybridized carbons (Fsp3) is 0.211. The van der Waals surface area contributed by atoms with Crippen molar-refractivity contribution in [3.63, 3.8) is 0 Å². The van der Waals surface area contributed by atoms with Crippen LogP contribution in [0.5, 0.6) is 0 Å². The van der Waals surface area contributed by atoms with Crippen LogP contribution >= 0.6 is 0 Å². The zero-order chi connectivity index (χ0) is 14.9. The van der Waals surface area contributed by atoms with Crippen LogP contribution < -0.4 is 0 Å². The van der Waals surface area contributed by atoms with Crippen molar-refractivity contribution in [3.05, 3.63) is 54.1 Å². The fourth-order valence-electron chi connectivity index (χ4n) is 1.99. The molecule has 0 amide bonds. The molecule has 0 saturated heterocycles. The molecular formula is C19H18O2. The number of allylic oxidation sites excluding steroid dienone is 1. The lowest BCUT2D eigenvalue weighted by molar-refractivity contribution is -0.115. The maximum absolute atomic E-state index is 11.7. The first-order valence-electron chi connectivity index (χ1n) is 7.00. The second kappa shape index (κ2) is 8.04. The van der Waals surface area contributed by atoms with Gasteiger partial charge in [-0.25, -0.2) is 0 Å². The van der Waals surface area contributed by atoms with Gasteiger partial charge in [0.15, 0.2) is 5.78 Å². The topological polar surface area (TPSA) is 26.3 Å². The minimum absolute atomic E-state index is 0.0591. The number of hydrogen-bond donors (Lipinski definition) is 0. The zero-order valence-electron chi connectivity index (χ0n) is 11.9. The lowest BCUT2D eigenvalue weighted by Gasteiger charge is -2.00. The van der Waals surface area contributed by atoms with E-state index in [-0.39, 0.29) is 5.78 Å². The highest BCUT2D eigenvalue weighted by Gasteiger charge is 1.98. The van der Waals surface area contributed by atoms with E-state index < -0.39 is 0 Å². The Balaban J connectivity index is 1.87. The van der Waals surface area contributed by atoms with Gasteiger partial charge in [-0.3, -0.25) is 4.79 Å². The monoisotopic (exact) mass is 278 g/mol. The molecule has 0 radical (unpaired) electrons. The van der Waals surface area contributed by atoms with Crippen molar-refractivity contribution in [1.29, 1.82) is 0 Å². The first-order valence-corrected chi connectivity index (χ1v) is 7.00. The highest BCUT2D eigenvalue weighted by molar-refractivity contribution is 5.94. The van der Waals surface area contributed by atoms with E-state index >= 15 is 0 Å². The summed E-state index contributed by atoms with van der Waals surface area (Å²) in [4.78, 5) is 11.7. The third-order valence-corrected chi connectivity index (χ3v) is 3.12. The predicted molar refractivity (Wildman–Crippen MR) is 86.9 cm³/mol. The van der Waals surface area contributed by atoms with E-state index in [0.29, 0.717) is 26.1 Å². The molecule has 2 nitrogen and oxygen atoms in total. The van der Waals surface area contributed by atoms with Crippen LogP contribution in [0.4, 0.5) is 0 Å². The van der Waals surface area contributed by atoms with Crippen LogP contribution in [0.25, 0.3) is 16.8 Å². The minimum atomic E-state index is 0.0591. The van der Waals surface area contributed by atoms with Crippen LogP contribution in [0.15, 0.2) is 48.5 Å². The van der Waals surface area contributed by atoms with Gasteiger partial charge in [0.1, 0.15) is 0 Å². The number of carbonyl (C=O) groups is 1. The average molecular weight is 278 g/mol. The summed E-state index contributed by atoms with van der Waals surface area (Å²) >= 11 is 0. The van der Waals surface area contributed by atoms with Crippen molar-refractivity contribution in [2.45, 2.75) is 12.8 Å². The van der Waals surface area contributed by atoms with Gasteiger partial charge in [-0.05, 0) is 28.5 Å². The van der Waals surface area contributed by atoms with Crippen molar-refractivity contribution in [2.75, 3.05) is 13.2 Å². The summed E-state index contributed by atoms with van der Waals surface area (Å²) in [5, 5.41) is 2.37. The Kier molecular flexibility index (Phi) is 5.75. The maximum atomic E-state index is 11.7. The molecule has 0 aliphatic rings. The molecule has 0 unspecified atom stereocenters. The number of fused-ring (bicyclic) bond motifs is 1. The molecule has 0 aliphatic heterocycles. The molecule has 0 fully saturated rings. The van der Waals surface area contributed by atoms with Crippen LogP contribution in [-0.4, -0.2) is 19.0 Å². The van der Waals surface area contributed by atoms with E-state index in [9.17, 15) is 4.79 Å². The number of carbonyl (C=O) groups excluding carboxylic acids is 1. The number of benzene rings is 2. The fourth-order valence-corrected chi connectivity index (χ4v) is 1.99. The van der Waals surface area contributed by atoms with E-state index in [1.165, 1.54) is 10.8 Å². The van der Waals surface area contributed by atoms with Gasteiger partial charge in [-0.2, -0.15) is 0 Å². The third-order valence-electron chi connectivity index (χ3n) is 3.12. The van der Waals surface area contributed by atoms with Gasteiger partial charge in [0.2, 0.25) is 0 Å². The Hall–Kier alpha value is -2.37. The maximum Gasteiger partial charge on any atom is 0.158 e. The summed E-state index contributed by atoms with van der Waals surface area (Å²) in [5.41, 5.74) is 1.02. The summed E-state index contributed by atoms with van der Waals surface area (Å²) in [5.74, 6) is 2.55. The summed E-state index contributed by atoms with van der Waals surface area (Å²) < 4.78 is 5.26. The molecule has 106 valence electrons. The lowest BCUT2D eigenvalue weighted by atomic mass is 10.1. The summed E-state index contributed by atoms with van der Waals surface area (Å²) in [6, 6.07) is 14.3. The summed E-state index contributed by atoms with van der Waals surface area (Å²) in [6.07, 6.45) is 9.53. The SMILES string of the molecule is C#CCCOCCC(=O)/C=C/c1ccc2ccccc2c1. The Morgan fingerprint density at radius 2 is 1.95 bits per heavy atom. The van der Waals surface area contributed by atoms with Crippen LogP contribution in [0.2, 0.25) is 0 Å². The van der Waals surface area contributed by atoms with E-state index in [4.69, 9.17) is 11.2 Å². The van der Waals surface area contributed by atoms with Gasteiger partial charge in [-0.1, -0.05) is 42.5 Å². The highest BCUT2D eigenvalue weighted by Crippen LogP contribution is 2.16. The standard InChI is InChI=1S/C19H18O2/c1-2-3-13-21-14-12-19(20)11-9-16-8-10-17-6-4-5-7-18(17)15-16/h1,4-11,15H,3,12-14H2/b11-9+. The van der Waals surface area contributed by atoms with E-state index in [1.807, 2.05) is 24.3 Å². The number of hydrogen-bond acceptors (Lipinski definition) is 2. The van der Waals surface area contributed by atoms with Crippen LogP contribution in [0.1, 0.15) is 18.4 Å². The van der Waals surface area contributed by atoms with Gasteiger partial charge in [0.05, 0.1) is 13.2 Å². The third kappa shape index (κ3) is 4.91. The Morgan fingerprint density at radius 1 is 1.14 bits per heavy atom. The molecular weight excluding hydrogens is 260 g/mol. The Labute approximate surface area is 125 Å². The molecule has 0 spiro atoms. The van der Waals surface area contributed by atoms with E-state index in [2.05, 4.69) is 30.2 Å². The predicted octanol–water partition coefficient (Wildman–Crippen LogP) is 3.85. The smallest absolute Gasteiger partial charge is 0.158 e. The molecule has 0 bridgehead atoms. The molecule has 0 heterocycles. The first kappa shape index (κ1) is 15.0. The highest BCUT2D eigenvalue weighted by atomic mass is 16.5. The quantitative estimate of drug-likeness (QED) is 0.437. The van der Waals surface area contributed by atoms with Crippen LogP contribution in [0.3, 0.4) is 0 Å². The molecule has 0 saturated carbocycles. The van der Waals surface area contributed by atoms with Crippen molar-refractivity contribution >= 4 is 22.6 Å². The largest absolute Gasteiger partial charge is 0.380 e. The summed E-state index contributed by atoms with van der Waals surface area (Å²) in [7, 11) is 0. The van der Waals surface area contributed by atoms with E-state index in [0.717, 1.165) is 5.56 Å². The van der Waals surface area contributed by atoms with Crippen molar-refractivity contribution in [1.82, 2.24) is 0 Å². The molecule has 0 N–H and O–H groups in total. The van der Waals surface area contributed by atoms with Gasteiger partial charge in [-0.15, -0.1) is 12.3 Å². The minimum Gasteiger partial charge on any atom is -0.380 e.